The Morgan fingerprint density at radius 2 is 1.70 bits per heavy atom. The fourth-order valence-corrected chi connectivity index (χ4v) is 4.64. The number of ether oxygens (including phenoxy) is 2. The SMILES string of the molecule is COc1cc2c(cc1OC)CN(S(=O)(=O)CCNC(=O)c1c(F)cccc1F)CC2. The minimum absolute atomic E-state index is 0.161. The Kier molecular flexibility index (Phi) is 6.57. The predicted octanol–water partition coefficient (Wildman–Crippen LogP) is 2.10. The zero-order valence-electron chi connectivity index (χ0n) is 16.6. The van der Waals surface area contributed by atoms with Gasteiger partial charge in [0.05, 0.1) is 20.0 Å². The van der Waals surface area contributed by atoms with E-state index in [-0.39, 0.29) is 19.6 Å². The van der Waals surface area contributed by atoms with Crippen LogP contribution in [0.2, 0.25) is 0 Å². The molecule has 2 aromatic carbocycles. The van der Waals surface area contributed by atoms with E-state index >= 15 is 0 Å². The molecule has 2 aromatic rings. The van der Waals surface area contributed by atoms with Gasteiger partial charge in [-0.05, 0) is 41.8 Å². The van der Waals surface area contributed by atoms with Crippen molar-refractivity contribution in [1.82, 2.24) is 9.62 Å². The van der Waals surface area contributed by atoms with E-state index < -0.39 is 38.9 Å². The second-order valence-corrected chi connectivity index (χ2v) is 8.82. The van der Waals surface area contributed by atoms with Crippen molar-refractivity contribution in [2.24, 2.45) is 0 Å². The van der Waals surface area contributed by atoms with Crippen molar-refractivity contribution in [3.8, 4) is 11.5 Å². The van der Waals surface area contributed by atoms with Crippen LogP contribution in [0.3, 0.4) is 0 Å². The molecular formula is C20H22F2N2O5S. The maximum absolute atomic E-state index is 13.7. The van der Waals surface area contributed by atoms with Gasteiger partial charge in [0.25, 0.3) is 5.91 Å². The highest BCUT2D eigenvalue weighted by Crippen LogP contribution is 2.33. The number of fused-ring (bicyclic) bond motifs is 1. The van der Waals surface area contributed by atoms with Crippen LogP contribution in [0.1, 0.15) is 21.5 Å². The van der Waals surface area contributed by atoms with Crippen molar-refractivity contribution >= 4 is 15.9 Å². The van der Waals surface area contributed by atoms with Crippen molar-refractivity contribution in [3.63, 3.8) is 0 Å². The summed E-state index contributed by atoms with van der Waals surface area (Å²) in [5.41, 5.74) is 1.05. The number of carbonyl (C=O) groups excluding carboxylic acids is 1. The first kappa shape index (κ1) is 22.0. The Morgan fingerprint density at radius 3 is 2.30 bits per heavy atom. The molecule has 0 fully saturated rings. The number of benzene rings is 2. The van der Waals surface area contributed by atoms with Gasteiger partial charge < -0.3 is 14.8 Å². The highest BCUT2D eigenvalue weighted by atomic mass is 32.2. The van der Waals surface area contributed by atoms with Gasteiger partial charge in [0.15, 0.2) is 11.5 Å². The largest absolute Gasteiger partial charge is 0.493 e. The number of rotatable bonds is 7. The average molecular weight is 440 g/mol. The number of nitrogens with zero attached hydrogens (tertiary/aromatic N) is 1. The lowest BCUT2D eigenvalue weighted by atomic mass is 10.0. The van der Waals surface area contributed by atoms with Gasteiger partial charge in [-0.1, -0.05) is 6.07 Å². The van der Waals surface area contributed by atoms with Gasteiger partial charge in [-0.25, -0.2) is 17.2 Å². The Morgan fingerprint density at radius 1 is 1.10 bits per heavy atom. The Balaban J connectivity index is 1.65. The fourth-order valence-electron chi connectivity index (χ4n) is 3.32. The van der Waals surface area contributed by atoms with Crippen molar-refractivity contribution < 1.29 is 31.5 Å². The number of nitrogens with one attached hydrogen (secondary N) is 1. The summed E-state index contributed by atoms with van der Waals surface area (Å²) in [6, 6.07) is 6.65. The lowest BCUT2D eigenvalue weighted by Gasteiger charge is -2.29. The van der Waals surface area contributed by atoms with Crippen LogP contribution in [0.5, 0.6) is 11.5 Å². The molecule has 0 spiro atoms. The summed E-state index contributed by atoms with van der Waals surface area (Å²) in [7, 11) is -0.665. The smallest absolute Gasteiger partial charge is 0.257 e. The van der Waals surface area contributed by atoms with Crippen LogP contribution >= 0.6 is 0 Å². The molecule has 1 aliphatic heterocycles. The molecule has 3 rings (SSSR count). The van der Waals surface area contributed by atoms with E-state index in [9.17, 15) is 22.0 Å². The highest BCUT2D eigenvalue weighted by Gasteiger charge is 2.28. The van der Waals surface area contributed by atoms with E-state index in [1.54, 1.807) is 6.07 Å². The van der Waals surface area contributed by atoms with Crippen molar-refractivity contribution in [2.45, 2.75) is 13.0 Å². The standard InChI is InChI=1S/C20H22F2N2O5S/c1-28-17-10-13-6-8-24(12-14(13)11-18(17)29-2)30(26,27)9-7-23-20(25)19-15(21)4-3-5-16(19)22/h3-5,10-11H,6-9,12H2,1-2H3,(H,23,25). The summed E-state index contributed by atoms with van der Waals surface area (Å²) in [6.45, 7) is 0.166. The number of methoxy groups -OCH3 is 2. The molecule has 1 N–H and O–H groups in total. The van der Waals surface area contributed by atoms with Crippen LogP contribution < -0.4 is 14.8 Å². The summed E-state index contributed by atoms with van der Waals surface area (Å²) in [4.78, 5) is 12.0. The number of amides is 1. The molecule has 0 atom stereocenters. The van der Waals surface area contributed by atoms with Crippen molar-refractivity contribution in [3.05, 3.63) is 58.7 Å². The molecule has 0 radical (unpaired) electrons. The Labute approximate surface area is 173 Å². The molecule has 0 aliphatic carbocycles. The monoisotopic (exact) mass is 440 g/mol. The maximum Gasteiger partial charge on any atom is 0.257 e. The van der Waals surface area contributed by atoms with Crippen LogP contribution in [0, 0.1) is 11.6 Å². The average Bonchev–Trinajstić information content (AvgIpc) is 2.72. The normalized spacial score (nSPS) is 14.1. The molecular weight excluding hydrogens is 418 g/mol. The van der Waals surface area contributed by atoms with Gasteiger partial charge in [0.1, 0.15) is 17.2 Å². The molecule has 0 unspecified atom stereocenters. The van der Waals surface area contributed by atoms with Crippen LogP contribution in [-0.2, 0) is 23.0 Å². The van der Waals surface area contributed by atoms with Gasteiger partial charge in [0.2, 0.25) is 10.0 Å². The number of hydrogen-bond acceptors (Lipinski definition) is 5. The molecule has 30 heavy (non-hydrogen) atoms. The first-order valence-corrected chi connectivity index (χ1v) is 10.8. The second-order valence-electron chi connectivity index (χ2n) is 6.73. The zero-order valence-corrected chi connectivity index (χ0v) is 17.4. The number of sulfonamides is 1. The minimum Gasteiger partial charge on any atom is -0.493 e. The minimum atomic E-state index is -3.70. The van der Waals surface area contributed by atoms with E-state index in [2.05, 4.69) is 5.32 Å². The van der Waals surface area contributed by atoms with Crippen molar-refractivity contribution in [1.29, 1.82) is 0 Å². The van der Waals surface area contributed by atoms with Crippen LogP contribution in [-0.4, -0.2) is 51.7 Å². The first-order valence-electron chi connectivity index (χ1n) is 9.20. The third-order valence-electron chi connectivity index (χ3n) is 4.91. The molecule has 1 heterocycles. The van der Waals surface area contributed by atoms with Gasteiger partial charge in [-0.3, -0.25) is 4.79 Å². The van der Waals surface area contributed by atoms with E-state index in [4.69, 9.17) is 9.47 Å². The van der Waals surface area contributed by atoms with Crippen LogP contribution in [0.25, 0.3) is 0 Å². The second kappa shape index (κ2) is 8.97. The van der Waals surface area contributed by atoms with Crippen LogP contribution in [0.4, 0.5) is 8.78 Å². The predicted molar refractivity (Wildman–Crippen MR) is 106 cm³/mol. The van der Waals surface area contributed by atoms with Gasteiger partial charge in [-0.15, -0.1) is 0 Å². The van der Waals surface area contributed by atoms with E-state index in [0.717, 1.165) is 29.3 Å². The third kappa shape index (κ3) is 4.54. The molecule has 162 valence electrons. The molecule has 0 aromatic heterocycles. The number of halogens is 2. The molecule has 10 heteroatoms. The molecule has 0 bridgehead atoms. The number of carbonyl (C=O) groups is 1. The molecule has 1 aliphatic rings. The molecule has 0 saturated carbocycles. The molecule has 0 saturated heterocycles. The quantitative estimate of drug-likeness (QED) is 0.713. The van der Waals surface area contributed by atoms with Crippen LogP contribution in [0.15, 0.2) is 30.3 Å². The third-order valence-corrected chi connectivity index (χ3v) is 6.73. The van der Waals surface area contributed by atoms with Crippen molar-refractivity contribution in [2.75, 3.05) is 33.1 Å². The lowest BCUT2D eigenvalue weighted by Crippen LogP contribution is -2.40. The lowest BCUT2D eigenvalue weighted by molar-refractivity contribution is 0.0947. The van der Waals surface area contributed by atoms with E-state index in [1.807, 2.05) is 6.07 Å². The topological polar surface area (TPSA) is 84.9 Å². The number of hydrogen-bond donors (Lipinski definition) is 1. The molecule has 1 amide bonds. The summed E-state index contributed by atoms with van der Waals surface area (Å²) in [5.74, 6) is -2.32. The Bertz CT molecular complexity index is 1040. The zero-order chi connectivity index (χ0) is 21.9. The fraction of sp³-hybridized carbons (Fsp3) is 0.350. The van der Waals surface area contributed by atoms with Gasteiger partial charge >= 0.3 is 0 Å². The Hall–Kier alpha value is -2.72. The summed E-state index contributed by atoms with van der Waals surface area (Å²) >= 11 is 0. The first-order chi connectivity index (χ1) is 14.3. The maximum atomic E-state index is 13.7. The van der Waals surface area contributed by atoms with Gasteiger partial charge in [0, 0.05) is 19.6 Å². The molecule has 7 nitrogen and oxygen atoms in total. The summed E-state index contributed by atoms with van der Waals surface area (Å²) < 4.78 is 64.6. The summed E-state index contributed by atoms with van der Waals surface area (Å²) in [5, 5.41) is 2.27. The van der Waals surface area contributed by atoms with Gasteiger partial charge in [-0.2, -0.15) is 4.31 Å². The van der Waals surface area contributed by atoms with E-state index in [1.165, 1.54) is 18.5 Å². The summed E-state index contributed by atoms with van der Waals surface area (Å²) in [6.07, 6.45) is 0.502. The highest BCUT2D eigenvalue weighted by molar-refractivity contribution is 7.89. The van der Waals surface area contributed by atoms with E-state index in [0.29, 0.717) is 17.9 Å².